The summed E-state index contributed by atoms with van der Waals surface area (Å²) in [7, 11) is 0. The predicted octanol–water partition coefficient (Wildman–Crippen LogP) is 3.33. The van der Waals surface area contributed by atoms with Crippen LogP contribution in [-0.2, 0) is 0 Å². The van der Waals surface area contributed by atoms with E-state index in [1.807, 2.05) is 12.2 Å². The number of nitrogens with zero attached hydrogens (tertiary/aromatic N) is 1. The van der Waals surface area contributed by atoms with Gasteiger partial charge in [0.15, 0.2) is 0 Å². The van der Waals surface area contributed by atoms with Crippen LogP contribution in [0.4, 0.5) is 5.69 Å². The average Bonchev–Trinajstić information content (AvgIpc) is 2.29. The Bertz CT molecular complexity index is 374. The Hall–Kier alpha value is -1.84. The second-order valence-corrected chi connectivity index (χ2v) is 3.33. The first kappa shape index (κ1) is 12.2. The van der Waals surface area contributed by atoms with E-state index in [1.54, 1.807) is 12.1 Å². The van der Waals surface area contributed by atoms with Crippen LogP contribution in [0.3, 0.4) is 0 Å². The molecule has 86 valence electrons. The molecule has 0 aliphatic rings. The SMILES string of the molecule is CCCC=CCOc1cccc([N+](=O)[O-])c1. The minimum absolute atomic E-state index is 0.0510. The van der Waals surface area contributed by atoms with Gasteiger partial charge in [0.05, 0.1) is 11.0 Å². The van der Waals surface area contributed by atoms with Crippen LogP contribution >= 0.6 is 0 Å². The van der Waals surface area contributed by atoms with Gasteiger partial charge in [-0.1, -0.05) is 31.6 Å². The van der Waals surface area contributed by atoms with Gasteiger partial charge in [0.1, 0.15) is 12.4 Å². The van der Waals surface area contributed by atoms with Gasteiger partial charge in [0, 0.05) is 6.07 Å². The number of nitro groups is 1. The summed E-state index contributed by atoms with van der Waals surface area (Å²) in [5, 5.41) is 10.5. The molecule has 0 N–H and O–H groups in total. The van der Waals surface area contributed by atoms with Gasteiger partial charge in [0.2, 0.25) is 0 Å². The molecule has 0 aliphatic carbocycles. The Balaban J connectivity index is 2.48. The van der Waals surface area contributed by atoms with Gasteiger partial charge in [-0.3, -0.25) is 10.1 Å². The highest BCUT2D eigenvalue weighted by atomic mass is 16.6. The Morgan fingerprint density at radius 1 is 1.44 bits per heavy atom. The lowest BCUT2D eigenvalue weighted by Crippen LogP contribution is -1.94. The molecule has 0 unspecified atom stereocenters. The van der Waals surface area contributed by atoms with Crippen molar-refractivity contribution in [1.29, 1.82) is 0 Å². The van der Waals surface area contributed by atoms with E-state index in [9.17, 15) is 10.1 Å². The maximum Gasteiger partial charge on any atom is 0.273 e. The van der Waals surface area contributed by atoms with Crippen molar-refractivity contribution < 1.29 is 9.66 Å². The molecule has 0 heterocycles. The fourth-order valence-corrected chi connectivity index (χ4v) is 1.18. The van der Waals surface area contributed by atoms with Crippen molar-refractivity contribution >= 4 is 5.69 Å². The molecule has 4 heteroatoms. The van der Waals surface area contributed by atoms with Crippen molar-refractivity contribution in [2.24, 2.45) is 0 Å². The van der Waals surface area contributed by atoms with Gasteiger partial charge >= 0.3 is 0 Å². The van der Waals surface area contributed by atoms with E-state index in [0.717, 1.165) is 12.8 Å². The molecule has 16 heavy (non-hydrogen) atoms. The molecule has 1 aromatic carbocycles. The highest BCUT2D eigenvalue weighted by Crippen LogP contribution is 2.18. The Labute approximate surface area is 94.7 Å². The zero-order chi connectivity index (χ0) is 11.8. The summed E-state index contributed by atoms with van der Waals surface area (Å²) in [6.45, 7) is 2.55. The van der Waals surface area contributed by atoms with Crippen molar-refractivity contribution in [3.63, 3.8) is 0 Å². The molecule has 0 radical (unpaired) electrons. The van der Waals surface area contributed by atoms with Crippen LogP contribution in [0.15, 0.2) is 36.4 Å². The van der Waals surface area contributed by atoms with Crippen molar-refractivity contribution in [2.75, 3.05) is 6.61 Å². The van der Waals surface area contributed by atoms with Gasteiger partial charge < -0.3 is 4.74 Å². The van der Waals surface area contributed by atoms with Gasteiger partial charge in [-0.05, 0) is 12.5 Å². The maximum absolute atomic E-state index is 10.5. The van der Waals surface area contributed by atoms with Crippen LogP contribution < -0.4 is 4.74 Å². The number of non-ortho nitro benzene ring substituents is 1. The topological polar surface area (TPSA) is 52.4 Å². The van der Waals surface area contributed by atoms with E-state index in [1.165, 1.54) is 12.1 Å². The number of hydrogen-bond acceptors (Lipinski definition) is 3. The fraction of sp³-hybridized carbons (Fsp3) is 0.333. The number of benzene rings is 1. The monoisotopic (exact) mass is 221 g/mol. The Kier molecular flexibility index (Phi) is 5.05. The van der Waals surface area contributed by atoms with E-state index < -0.39 is 4.92 Å². The normalized spacial score (nSPS) is 10.6. The predicted molar refractivity (Wildman–Crippen MR) is 62.6 cm³/mol. The minimum atomic E-state index is -0.431. The smallest absolute Gasteiger partial charge is 0.273 e. The lowest BCUT2D eigenvalue weighted by Gasteiger charge is -2.02. The van der Waals surface area contributed by atoms with Crippen molar-refractivity contribution in [1.82, 2.24) is 0 Å². The molecule has 0 aliphatic heterocycles. The Morgan fingerprint density at radius 3 is 2.94 bits per heavy atom. The summed E-state index contributed by atoms with van der Waals surface area (Å²) in [6, 6.07) is 6.19. The zero-order valence-electron chi connectivity index (χ0n) is 9.26. The molecule has 0 fully saturated rings. The summed E-state index contributed by atoms with van der Waals surface area (Å²) in [5.74, 6) is 0.523. The molecule has 0 saturated carbocycles. The van der Waals surface area contributed by atoms with Crippen LogP contribution in [0, 0.1) is 10.1 Å². The van der Waals surface area contributed by atoms with E-state index in [2.05, 4.69) is 6.92 Å². The van der Waals surface area contributed by atoms with E-state index in [4.69, 9.17) is 4.74 Å². The molecular formula is C12H15NO3. The largest absolute Gasteiger partial charge is 0.489 e. The van der Waals surface area contributed by atoms with Crippen LogP contribution in [0.2, 0.25) is 0 Å². The number of hydrogen-bond donors (Lipinski definition) is 0. The van der Waals surface area contributed by atoms with E-state index in [-0.39, 0.29) is 5.69 Å². The average molecular weight is 221 g/mol. The third-order valence-electron chi connectivity index (χ3n) is 2.00. The standard InChI is InChI=1S/C12H15NO3/c1-2-3-4-5-9-16-12-8-6-7-11(10-12)13(14)15/h4-8,10H,2-3,9H2,1H3. The fourth-order valence-electron chi connectivity index (χ4n) is 1.18. The van der Waals surface area contributed by atoms with Crippen LogP contribution in [0.5, 0.6) is 5.75 Å². The summed E-state index contributed by atoms with van der Waals surface area (Å²) in [4.78, 5) is 10.1. The van der Waals surface area contributed by atoms with E-state index >= 15 is 0 Å². The number of allylic oxidation sites excluding steroid dienone is 1. The third-order valence-corrected chi connectivity index (χ3v) is 2.00. The molecule has 0 bridgehead atoms. The quantitative estimate of drug-likeness (QED) is 0.420. The minimum Gasteiger partial charge on any atom is -0.489 e. The van der Waals surface area contributed by atoms with Crippen molar-refractivity contribution in [3.05, 3.63) is 46.5 Å². The summed E-state index contributed by atoms with van der Waals surface area (Å²) in [5.41, 5.74) is 0.0510. The molecule has 0 atom stereocenters. The first-order chi connectivity index (χ1) is 7.74. The highest BCUT2D eigenvalue weighted by Gasteiger charge is 2.05. The molecule has 0 amide bonds. The lowest BCUT2D eigenvalue weighted by atomic mass is 10.3. The molecule has 1 aromatic rings. The number of unbranched alkanes of at least 4 members (excludes halogenated alkanes) is 1. The number of ether oxygens (including phenoxy) is 1. The van der Waals surface area contributed by atoms with Crippen LogP contribution in [0.25, 0.3) is 0 Å². The van der Waals surface area contributed by atoms with Gasteiger partial charge in [-0.25, -0.2) is 0 Å². The molecular weight excluding hydrogens is 206 g/mol. The molecule has 0 saturated heterocycles. The second-order valence-electron chi connectivity index (χ2n) is 3.33. The summed E-state index contributed by atoms with van der Waals surface area (Å²) in [6.07, 6.45) is 6.09. The summed E-state index contributed by atoms with van der Waals surface area (Å²) >= 11 is 0. The van der Waals surface area contributed by atoms with Crippen molar-refractivity contribution in [3.8, 4) is 5.75 Å². The highest BCUT2D eigenvalue weighted by molar-refractivity contribution is 5.37. The number of rotatable bonds is 6. The van der Waals surface area contributed by atoms with Gasteiger partial charge in [0.25, 0.3) is 5.69 Å². The van der Waals surface area contributed by atoms with Gasteiger partial charge in [-0.15, -0.1) is 0 Å². The second kappa shape index (κ2) is 6.61. The first-order valence-electron chi connectivity index (χ1n) is 5.26. The molecule has 0 spiro atoms. The van der Waals surface area contributed by atoms with Crippen LogP contribution in [0.1, 0.15) is 19.8 Å². The lowest BCUT2D eigenvalue weighted by molar-refractivity contribution is -0.384. The van der Waals surface area contributed by atoms with Crippen molar-refractivity contribution in [2.45, 2.75) is 19.8 Å². The zero-order valence-corrected chi connectivity index (χ0v) is 9.26. The van der Waals surface area contributed by atoms with Crippen LogP contribution in [-0.4, -0.2) is 11.5 Å². The molecule has 4 nitrogen and oxygen atoms in total. The maximum atomic E-state index is 10.5. The molecule has 0 aromatic heterocycles. The first-order valence-corrected chi connectivity index (χ1v) is 5.26. The third kappa shape index (κ3) is 4.13. The van der Waals surface area contributed by atoms with E-state index in [0.29, 0.717) is 12.4 Å². The Morgan fingerprint density at radius 2 is 2.25 bits per heavy atom. The number of nitro benzene ring substituents is 1. The van der Waals surface area contributed by atoms with Gasteiger partial charge in [-0.2, -0.15) is 0 Å². The molecule has 1 rings (SSSR count). The summed E-state index contributed by atoms with van der Waals surface area (Å²) < 4.78 is 5.35.